The van der Waals surface area contributed by atoms with Crippen LogP contribution in [0.1, 0.15) is 11.1 Å². The van der Waals surface area contributed by atoms with E-state index in [9.17, 15) is 15.0 Å². The standard InChI is InChI=1S/C32H26N4O5.ClH/c1-40-27-14-21-13-22(17-37)26(18-38)30(25(21)16-28(27)41-2)20-9-12-34-29(15-20)36-32(39)24-6-4-3-5-23(24)31(35-36)19-7-10-33-11-8-19;/h3-16,37-38H,17-18H2,1-2H3;1H. The molecule has 0 unspecified atom stereocenters. The minimum absolute atomic E-state index is 0. The lowest BCUT2D eigenvalue weighted by molar-refractivity contribution is -0.377. The van der Waals surface area contributed by atoms with Crippen LogP contribution in [0.2, 0.25) is 0 Å². The summed E-state index contributed by atoms with van der Waals surface area (Å²) in [6.45, 7) is -0.578. The number of rotatable bonds is 7. The van der Waals surface area contributed by atoms with Crippen LogP contribution in [0.25, 0.3) is 49.7 Å². The molecule has 0 aliphatic heterocycles. The van der Waals surface area contributed by atoms with Gasteiger partial charge in [-0.3, -0.25) is 4.79 Å². The van der Waals surface area contributed by atoms with Crippen LogP contribution in [-0.4, -0.2) is 39.2 Å². The second kappa shape index (κ2) is 12.0. The lowest BCUT2D eigenvalue weighted by Gasteiger charge is -2.18. The number of hydrogen-bond acceptors (Lipinski definition) is 7. The fourth-order valence-electron chi connectivity index (χ4n) is 5.27. The summed E-state index contributed by atoms with van der Waals surface area (Å²) in [4.78, 5) is 21.2. The Morgan fingerprint density at radius 3 is 2.24 bits per heavy atom. The molecule has 0 atom stereocenters. The van der Waals surface area contributed by atoms with Crippen molar-refractivity contribution in [1.82, 2.24) is 14.8 Å². The van der Waals surface area contributed by atoms with Gasteiger partial charge in [-0.1, -0.05) is 18.2 Å². The fourth-order valence-corrected chi connectivity index (χ4v) is 5.27. The number of aliphatic hydroxyl groups is 2. The summed E-state index contributed by atoms with van der Waals surface area (Å²) in [6.07, 6.45) is 5.21. The SMILES string of the molecule is COc1cc2cc(CO)c(CO)c(-c3ccnc(-n4nc(-c5cc[nH+]cc5)c5ccccc5c4=O)c3)c2cc1OC.[Cl-]. The van der Waals surface area contributed by atoms with Crippen molar-refractivity contribution in [3.05, 3.63) is 107 Å². The average molecular weight is 583 g/mol. The molecule has 0 bridgehead atoms. The molecule has 0 spiro atoms. The Morgan fingerprint density at radius 1 is 0.833 bits per heavy atom. The molecule has 9 nitrogen and oxygen atoms in total. The van der Waals surface area contributed by atoms with Gasteiger partial charge >= 0.3 is 0 Å². The van der Waals surface area contributed by atoms with Crippen LogP contribution in [0.4, 0.5) is 0 Å². The molecule has 0 saturated carbocycles. The third-order valence-corrected chi connectivity index (χ3v) is 7.22. The molecule has 212 valence electrons. The van der Waals surface area contributed by atoms with E-state index in [1.807, 2.05) is 48.5 Å². The van der Waals surface area contributed by atoms with Gasteiger partial charge in [0.2, 0.25) is 0 Å². The number of benzene rings is 3. The first-order chi connectivity index (χ1) is 20.1. The number of pyridine rings is 2. The summed E-state index contributed by atoms with van der Waals surface area (Å²) in [7, 11) is 3.12. The molecule has 6 aromatic rings. The summed E-state index contributed by atoms with van der Waals surface area (Å²) in [5, 5.41) is 28.2. The van der Waals surface area contributed by atoms with E-state index in [0.717, 1.165) is 21.7 Å². The van der Waals surface area contributed by atoms with Crippen molar-refractivity contribution >= 4 is 21.5 Å². The minimum atomic E-state index is -0.309. The maximum Gasteiger partial charge on any atom is 0.280 e. The van der Waals surface area contributed by atoms with Crippen molar-refractivity contribution in [2.24, 2.45) is 0 Å². The molecule has 0 aliphatic carbocycles. The second-order valence-corrected chi connectivity index (χ2v) is 9.44. The molecular weight excluding hydrogens is 556 g/mol. The summed E-state index contributed by atoms with van der Waals surface area (Å²) in [6, 6.07) is 20.2. The van der Waals surface area contributed by atoms with E-state index in [1.54, 1.807) is 51.0 Å². The highest BCUT2D eigenvalue weighted by molar-refractivity contribution is 6.01. The average Bonchev–Trinajstić information content (AvgIpc) is 3.03. The zero-order valence-electron chi connectivity index (χ0n) is 22.8. The Kier molecular flexibility index (Phi) is 8.17. The molecule has 6 rings (SSSR count). The van der Waals surface area contributed by atoms with Crippen LogP contribution in [0, 0.1) is 0 Å². The largest absolute Gasteiger partial charge is 1.00 e. The quantitative estimate of drug-likeness (QED) is 0.289. The number of aromatic amines is 1. The maximum absolute atomic E-state index is 13.7. The topological polar surface area (TPSA) is 121 Å². The van der Waals surface area contributed by atoms with Crippen LogP contribution in [-0.2, 0) is 13.2 Å². The molecule has 3 aromatic heterocycles. The Labute approximate surface area is 247 Å². The highest BCUT2D eigenvalue weighted by atomic mass is 35.5. The number of fused-ring (bicyclic) bond motifs is 2. The number of nitrogens with zero attached hydrogens (tertiary/aromatic N) is 3. The maximum atomic E-state index is 13.7. The molecule has 10 heteroatoms. The molecule has 3 aromatic carbocycles. The van der Waals surface area contributed by atoms with E-state index in [0.29, 0.717) is 50.7 Å². The Bertz CT molecular complexity index is 1970. The van der Waals surface area contributed by atoms with Gasteiger partial charge in [0.25, 0.3) is 5.56 Å². The van der Waals surface area contributed by atoms with Crippen molar-refractivity contribution in [3.63, 3.8) is 0 Å². The zero-order chi connectivity index (χ0) is 28.5. The third kappa shape index (κ3) is 4.83. The molecule has 0 saturated heterocycles. The van der Waals surface area contributed by atoms with E-state index >= 15 is 0 Å². The highest BCUT2D eigenvalue weighted by Crippen LogP contribution is 2.40. The first-order valence-corrected chi connectivity index (χ1v) is 13.0. The van der Waals surface area contributed by atoms with Gasteiger partial charge in [0.15, 0.2) is 29.7 Å². The van der Waals surface area contributed by atoms with E-state index in [-0.39, 0.29) is 31.2 Å². The van der Waals surface area contributed by atoms with Gasteiger partial charge in [-0.05, 0) is 69.4 Å². The number of methoxy groups -OCH3 is 2. The van der Waals surface area contributed by atoms with Crippen LogP contribution in [0.3, 0.4) is 0 Å². The number of aromatic nitrogens is 4. The van der Waals surface area contributed by atoms with E-state index in [4.69, 9.17) is 14.6 Å². The number of H-pyrrole nitrogens is 1. The van der Waals surface area contributed by atoms with Crippen molar-refractivity contribution in [2.75, 3.05) is 14.2 Å². The van der Waals surface area contributed by atoms with Crippen molar-refractivity contribution in [2.45, 2.75) is 13.2 Å². The lowest BCUT2D eigenvalue weighted by atomic mass is 9.90. The van der Waals surface area contributed by atoms with Gasteiger partial charge in [0.05, 0.1) is 38.5 Å². The molecule has 3 N–H and O–H groups in total. The van der Waals surface area contributed by atoms with Crippen molar-refractivity contribution in [1.29, 1.82) is 0 Å². The monoisotopic (exact) mass is 582 g/mol. The van der Waals surface area contributed by atoms with E-state index in [1.165, 1.54) is 4.68 Å². The van der Waals surface area contributed by atoms with Crippen LogP contribution < -0.4 is 32.4 Å². The minimum Gasteiger partial charge on any atom is -1.00 e. The first kappa shape index (κ1) is 28.7. The lowest BCUT2D eigenvalue weighted by Crippen LogP contribution is -3.00. The summed E-state index contributed by atoms with van der Waals surface area (Å²) >= 11 is 0. The van der Waals surface area contributed by atoms with E-state index in [2.05, 4.69) is 9.97 Å². The highest BCUT2D eigenvalue weighted by Gasteiger charge is 2.20. The summed E-state index contributed by atoms with van der Waals surface area (Å²) in [5.41, 5.74) is 3.68. The van der Waals surface area contributed by atoms with Gasteiger partial charge in [0.1, 0.15) is 0 Å². The van der Waals surface area contributed by atoms with E-state index < -0.39 is 0 Å². The molecule has 0 amide bonds. The normalized spacial score (nSPS) is 11.0. The van der Waals surface area contributed by atoms with Crippen LogP contribution in [0.15, 0.2) is 90.1 Å². The predicted molar refractivity (Wildman–Crippen MR) is 155 cm³/mol. The molecule has 3 heterocycles. The Morgan fingerprint density at radius 2 is 1.55 bits per heavy atom. The van der Waals surface area contributed by atoms with Gasteiger partial charge in [-0.2, -0.15) is 9.78 Å². The number of aliphatic hydroxyl groups excluding tert-OH is 2. The first-order valence-electron chi connectivity index (χ1n) is 13.0. The van der Waals surface area contributed by atoms with Gasteiger partial charge in [-0.15, -0.1) is 0 Å². The number of ether oxygens (including phenoxy) is 2. The summed E-state index contributed by atoms with van der Waals surface area (Å²) < 4.78 is 12.4. The summed E-state index contributed by atoms with van der Waals surface area (Å²) in [5.74, 6) is 1.38. The molecular formula is C32H27ClN4O5. The number of nitrogens with one attached hydrogen (secondary N) is 1. The van der Waals surface area contributed by atoms with Crippen molar-refractivity contribution < 1.29 is 37.1 Å². The van der Waals surface area contributed by atoms with Gasteiger partial charge in [-0.25, -0.2) is 9.97 Å². The number of hydrogen-bond donors (Lipinski definition) is 2. The van der Waals surface area contributed by atoms with Crippen LogP contribution in [0.5, 0.6) is 11.5 Å². The number of halogens is 1. The van der Waals surface area contributed by atoms with Gasteiger partial charge in [0, 0.05) is 29.3 Å². The predicted octanol–water partition coefficient (Wildman–Crippen LogP) is 1.09. The Balaban J connectivity index is 0.00000353. The van der Waals surface area contributed by atoms with Crippen molar-refractivity contribution in [3.8, 4) is 39.7 Å². The Hall–Kier alpha value is -4.83. The molecule has 42 heavy (non-hydrogen) atoms. The molecule has 0 radical (unpaired) electrons. The second-order valence-electron chi connectivity index (χ2n) is 9.44. The third-order valence-electron chi connectivity index (χ3n) is 7.22. The van der Waals surface area contributed by atoms with Crippen LogP contribution >= 0.6 is 0 Å². The molecule has 0 aliphatic rings. The smallest absolute Gasteiger partial charge is 0.280 e. The zero-order valence-corrected chi connectivity index (χ0v) is 23.6. The molecule has 0 fully saturated rings. The fraction of sp³-hybridized carbons (Fsp3) is 0.125. The van der Waals surface area contributed by atoms with Gasteiger partial charge < -0.3 is 32.1 Å².